The highest BCUT2D eigenvalue weighted by Crippen LogP contribution is 2.30. The van der Waals surface area contributed by atoms with Gasteiger partial charge in [0.1, 0.15) is 17.3 Å². The van der Waals surface area contributed by atoms with E-state index in [0.29, 0.717) is 69.6 Å². The third-order valence-corrected chi connectivity index (χ3v) is 5.91. The molecule has 204 valence electrons. The van der Waals surface area contributed by atoms with Crippen LogP contribution in [0.3, 0.4) is 0 Å². The fourth-order valence-electron chi connectivity index (χ4n) is 3.97. The topological polar surface area (TPSA) is 140 Å². The number of hydrogen-bond acceptors (Lipinski definition) is 11. The highest BCUT2D eigenvalue weighted by Gasteiger charge is 2.13. The normalized spacial score (nSPS) is 10.6. The van der Waals surface area contributed by atoms with Gasteiger partial charge in [-0.25, -0.2) is 0 Å². The predicted molar refractivity (Wildman–Crippen MR) is 147 cm³/mol. The Morgan fingerprint density at radius 3 is 1.79 bits per heavy atom. The standard InChI is InChI=1S/C28H31N5O6/c1-36-22-10-8-20(13-19(22)16-35)29-27-31-26(12-17-5-9-23(37-2)25(11-17)39-4)32-28(33-27)30-21-7-6-18(15-34)24(14-21)38-3/h5-11,13-14,34-35H,12,15-16H2,1-4H3,(H2,29,30,31,32,33). The number of aliphatic hydroxyl groups is 2. The molecule has 0 aliphatic heterocycles. The number of nitrogens with zero attached hydrogens (tertiary/aromatic N) is 3. The van der Waals surface area contributed by atoms with Crippen LogP contribution in [-0.4, -0.2) is 53.6 Å². The highest BCUT2D eigenvalue weighted by molar-refractivity contribution is 5.61. The third kappa shape index (κ3) is 6.64. The van der Waals surface area contributed by atoms with Crippen molar-refractivity contribution < 1.29 is 29.2 Å². The van der Waals surface area contributed by atoms with Crippen LogP contribution in [-0.2, 0) is 19.6 Å². The molecule has 0 atom stereocenters. The molecule has 0 spiro atoms. The minimum atomic E-state index is -0.182. The van der Waals surface area contributed by atoms with Crippen LogP contribution in [0.25, 0.3) is 0 Å². The van der Waals surface area contributed by atoms with Gasteiger partial charge >= 0.3 is 0 Å². The van der Waals surface area contributed by atoms with Crippen LogP contribution in [0.15, 0.2) is 54.6 Å². The summed E-state index contributed by atoms with van der Waals surface area (Å²) in [6.45, 7) is -0.324. The van der Waals surface area contributed by atoms with Gasteiger partial charge in [0, 0.05) is 35.0 Å². The van der Waals surface area contributed by atoms with Crippen molar-refractivity contribution in [3.8, 4) is 23.0 Å². The highest BCUT2D eigenvalue weighted by atomic mass is 16.5. The molecular formula is C28H31N5O6. The summed E-state index contributed by atoms with van der Waals surface area (Å²) in [5.41, 5.74) is 3.54. The molecule has 11 nitrogen and oxygen atoms in total. The minimum Gasteiger partial charge on any atom is -0.496 e. The quantitative estimate of drug-likeness (QED) is 0.210. The molecule has 11 heteroatoms. The maximum absolute atomic E-state index is 9.71. The summed E-state index contributed by atoms with van der Waals surface area (Å²) in [7, 11) is 6.26. The Morgan fingerprint density at radius 2 is 1.18 bits per heavy atom. The zero-order valence-corrected chi connectivity index (χ0v) is 22.2. The first-order valence-corrected chi connectivity index (χ1v) is 12.1. The van der Waals surface area contributed by atoms with Crippen molar-refractivity contribution in [1.82, 2.24) is 15.0 Å². The summed E-state index contributed by atoms with van der Waals surface area (Å²) in [5, 5.41) is 25.6. The lowest BCUT2D eigenvalue weighted by atomic mass is 10.1. The van der Waals surface area contributed by atoms with Crippen molar-refractivity contribution in [2.75, 3.05) is 39.1 Å². The summed E-state index contributed by atoms with van der Waals surface area (Å²) >= 11 is 0. The Kier molecular flexibility index (Phi) is 8.97. The molecule has 0 radical (unpaired) electrons. The van der Waals surface area contributed by atoms with Crippen LogP contribution in [0.5, 0.6) is 23.0 Å². The number of aromatic nitrogens is 3. The largest absolute Gasteiger partial charge is 0.496 e. The van der Waals surface area contributed by atoms with Crippen LogP contribution in [0.1, 0.15) is 22.5 Å². The number of ether oxygens (including phenoxy) is 4. The molecule has 0 fully saturated rings. The molecule has 39 heavy (non-hydrogen) atoms. The second-order valence-corrected chi connectivity index (χ2v) is 8.38. The number of anilines is 4. The number of aliphatic hydroxyl groups excluding tert-OH is 2. The van der Waals surface area contributed by atoms with Crippen molar-refractivity contribution >= 4 is 23.3 Å². The van der Waals surface area contributed by atoms with Crippen molar-refractivity contribution in [2.24, 2.45) is 0 Å². The Morgan fingerprint density at radius 1 is 0.590 bits per heavy atom. The molecule has 3 aromatic carbocycles. The van der Waals surface area contributed by atoms with E-state index >= 15 is 0 Å². The lowest BCUT2D eigenvalue weighted by Gasteiger charge is -2.14. The molecule has 0 aliphatic rings. The average molecular weight is 534 g/mol. The van der Waals surface area contributed by atoms with Gasteiger partial charge in [-0.3, -0.25) is 0 Å². The summed E-state index contributed by atoms with van der Waals surface area (Å²) in [4.78, 5) is 13.8. The Bertz CT molecular complexity index is 1250. The van der Waals surface area contributed by atoms with Gasteiger partial charge in [-0.1, -0.05) is 12.1 Å². The average Bonchev–Trinajstić information content (AvgIpc) is 2.96. The second kappa shape index (κ2) is 12.8. The molecular weight excluding hydrogens is 502 g/mol. The molecule has 4 aromatic rings. The van der Waals surface area contributed by atoms with Gasteiger partial charge in [0.2, 0.25) is 11.9 Å². The zero-order valence-electron chi connectivity index (χ0n) is 22.2. The zero-order chi connectivity index (χ0) is 27.8. The van der Waals surface area contributed by atoms with E-state index in [2.05, 4.69) is 25.6 Å². The molecule has 1 aromatic heterocycles. The van der Waals surface area contributed by atoms with Crippen molar-refractivity contribution in [3.63, 3.8) is 0 Å². The maximum Gasteiger partial charge on any atom is 0.232 e. The van der Waals surface area contributed by atoms with Crippen molar-refractivity contribution in [1.29, 1.82) is 0 Å². The first-order chi connectivity index (χ1) is 19.0. The van der Waals surface area contributed by atoms with Gasteiger partial charge in [0.25, 0.3) is 0 Å². The summed E-state index contributed by atoms with van der Waals surface area (Å²) in [6.07, 6.45) is 0.392. The maximum atomic E-state index is 9.71. The van der Waals surface area contributed by atoms with E-state index in [9.17, 15) is 10.2 Å². The molecule has 0 unspecified atom stereocenters. The van der Waals surface area contributed by atoms with E-state index in [0.717, 1.165) is 5.56 Å². The van der Waals surface area contributed by atoms with Gasteiger partial charge in [0.05, 0.1) is 41.7 Å². The number of methoxy groups -OCH3 is 4. The van der Waals surface area contributed by atoms with E-state index < -0.39 is 0 Å². The second-order valence-electron chi connectivity index (χ2n) is 8.38. The van der Waals surface area contributed by atoms with E-state index in [4.69, 9.17) is 18.9 Å². The van der Waals surface area contributed by atoms with Crippen LogP contribution in [0, 0.1) is 0 Å². The van der Waals surface area contributed by atoms with Crippen LogP contribution >= 0.6 is 0 Å². The summed E-state index contributed by atoms with van der Waals surface area (Å²) < 4.78 is 21.5. The minimum absolute atomic E-state index is 0.142. The number of nitrogens with one attached hydrogen (secondary N) is 2. The predicted octanol–water partition coefficient (Wildman–Crippen LogP) is 3.97. The summed E-state index contributed by atoms with van der Waals surface area (Å²) in [5.74, 6) is 3.45. The monoisotopic (exact) mass is 533 g/mol. The van der Waals surface area contributed by atoms with Gasteiger partial charge in [-0.05, 0) is 42.0 Å². The fourth-order valence-corrected chi connectivity index (χ4v) is 3.97. The lowest BCUT2D eigenvalue weighted by Crippen LogP contribution is -2.08. The summed E-state index contributed by atoms with van der Waals surface area (Å²) in [6, 6.07) is 16.3. The van der Waals surface area contributed by atoms with E-state index in [1.807, 2.05) is 18.2 Å². The number of benzene rings is 3. The molecule has 0 amide bonds. The molecule has 0 saturated carbocycles. The third-order valence-electron chi connectivity index (χ3n) is 5.91. The molecule has 0 bridgehead atoms. The smallest absolute Gasteiger partial charge is 0.232 e. The van der Waals surface area contributed by atoms with Gasteiger partial charge in [-0.2, -0.15) is 15.0 Å². The van der Waals surface area contributed by atoms with Crippen LogP contribution in [0.2, 0.25) is 0 Å². The van der Waals surface area contributed by atoms with E-state index in [-0.39, 0.29) is 13.2 Å². The molecule has 4 N–H and O–H groups in total. The van der Waals surface area contributed by atoms with Crippen molar-refractivity contribution in [2.45, 2.75) is 19.6 Å². The van der Waals surface area contributed by atoms with Crippen LogP contribution < -0.4 is 29.6 Å². The SMILES string of the molecule is COc1ccc(Nc2nc(Cc3ccc(OC)c(OC)c3)nc(Nc3ccc(CO)c(OC)c3)n2)cc1CO. The first-order valence-electron chi connectivity index (χ1n) is 12.1. The van der Waals surface area contributed by atoms with Crippen molar-refractivity contribution in [3.05, 3.63) is 77.1 Å². The molecule has 0 saturated heterocycles. The molecule has 1 heterocycles. The Balaban J connectivity index is 1.69. The van der Waals surface area contributed by atoms with E-state index in [1.54, 1.807) is 64.8 Å². The fraction of sp³-hybridized carbons (Fsp3) is 0.250. The van der Waals surface area contributed by atoms with Gasteiger partial charge in [0.15, 0.2) is 11.5 Å². The number of hydrogen-bond donors (Lipinski definition) is 4. The number of rotatable bonds is 12. The molecule has 4 rings (SSSR count). The van der Waals surface area contributed by atoms with Gasteiger partial charge in [-0.15, -0.1) is 0 Å². The molecule has 0 aliphatic carbocycles. The Hall–Kier alpha value is -4.61. The first kappa shape index (κ1) is 27.4. The lowest BCUT2D eigenvalue weighted by molar-refractivity contribution is 0.273. The van der Waals surface area contributed by atoms with Gasteiger partial charge < -0.3 is 39.8 Å². The Labute approximate surface area is 226 Å². The van der Waals surface area contributed by atoms with E-state index in [1.165, 1.54) is 0 Å². The van der Waals surface area contributed by atoms with Crippen LogP contribution in [0.4, 0.5) is 23.3 Å².